The van der Waals surface area contributed by atoms with E-state index in [9.17, 15) is 4.21 Å². The summed E-state index contributed by atoms with van der Waals surface area (Å²) < 4.78 is 11.5. The molecule has 1 aromatic rings. The number of hydrogen-bond acceptors (Lipinski definition) is 2. The molecule has 0 heterocycles. The number of thiol groups is 1. The van der Waals surface area contributed by atoms with Crippen LogP contribution >= 0.6 is 12.6 Å². The molecule has 0 spiro atoms. The van der Waals surface area contributed by atoms with Gasteiger partial charge >= 0.3 is 0 Å². The Morgan fingerprint density at radius 2 is 2.17 bits per heavy atom. The number of rotatable bonds is 3. The smallest absolute Gasteiger partial charge is 0.0579 e. The highest BCUT2D eigenvalue weighted by Gasteiger charge is 2.03. The van der Waals surface area contributed by atoms with Crippen LogP contribution in [0.2, 0.25) is 0 Å². The maximum Gasteiger partial charge on any atom is 0.0579 e. The first-order valence-electron chi connectivity index (χ1n) is 3.53. The third kappa shape index (κ3) is 2.22. The molecule has 1 aromatic carbocycles. The van der Waals surface area contributed by atoms with Gasteiger partial charge in [0.15, 0.2) is 0 Å². The second kappa shape index (κ2) is 4.48. The van der Waals surface area contributed by atoms with E-state index in [4.69, 9.17) is 0 Å². The summed E-state index contributed by atoms with van der Waals surface area (Å²) in [6.45, 7) is 3.54. The van der Waals surface area contributed by atoms with E-state index < -0.39 is 10.8 Å². The lowest BCUT2D eigenvalue weighted by Crippen LogP contribution is -1.95. The van der Waals surface area contributed by atoms with Gasteiger partial charge in [-0.1, -0.05) is 18.2 Å². The molecule has 1 unspecified atom stereocenters. The molecule has 0 aliphatic heterocycles. The lowest BCUT2D eigenvalue weighted by atomic mass is 10.4. The van der Waals surface area contributed by atoms with E-state index >= 15 is 0 Å². The van der Waals surface area contributed by atoms with Crippen molar-refractivity contribution in [3.63, 3.8) is 0 Å². The first-order valence-corrected chi connectivity index (χ1v) is 5.29. The van der Waals surface area contributed by atoms with Gasteiger partial charge in [0.1, 0.15) is 0 Å². The van der Waals surface area contributed by atoms with Crippen molar-refractivity contribution in [2.45, 2.75) is 9.79 Å². The normalized spacial score (nSPS) is 12.4. The molecule has 0 bridgehead atoms. The lowest BCUT2D eigenvalue weighted by Gasteiger charge is -2.01. The maximum absolute atomic E-state index is 11.5. The zero-order valence-corrected chi connectivity index (χ0v) is 8.28. The van der Waals surface area contributed by atoms with Gasteiger partial charge in [-0.25, -0.2) is 0 Å². The van der Waals surface area contributed by atoms with E-state index in [1.54, 1.807) is 6.08 Å². The lowest BCUT2D eigenvalue weighted by molar-refractivity contribution is 0.683. The molecule has 0 N–H and O–H groups in total. The third-order valence-corrected chi connectivity index (χ3v) is 3.31. The van der Waals surface area contributed by atoms with Gasteiger partial charge in [-0.15, -0.1) is 19.2 Å². The monoisotopic (exact) mass is 198 g/mol. The molecule has 0 aromatic heterocycles. The van der Waals surface area contributed by atoms with E-state index in [-0.39, 0.29) is 0 Å². The number of hydrogen-bond donors (Lipinski definition) is 1. The molecule has 0 amide bonds. The van der Waals surface area contributed by atoms with Crippen molar-refractivity contribution in [3.8, 4) is 0 Å². The average Bonchev–Trinajstić information content (AvgIpc) is 2.05. The minimum atomic E-state index is -0.989. The van der Waals surface area contributed by atoms with Crippen molar-refractivity contribution in [2.75, 3.05) is 5.75 Å². The van der Waals surface area contributed by atoms with E-state index in [2.05, 4.69) is 19.2 Å². The van der Waals surface area contributed by atoms with Gasteiger partial charge in [0.2, 0.25) is 0 Å². The van der Waals surface area contributed by atoms with Crippen LogP contribution in [0.3, 0.4) is 0 Å². The molecule has 0 fully saturated rings. The van der Waals surface area contributed by atoms with Crippen LogP contribution < -0.4 is 0 Å². The summed E-state index contributed by atoms with van der Waals surface area (Å²) in [7, 11) is -0.989. The largest absolute Gasteiger partial charge is 0.254 e. The molecule has 1 nitrogen and oxygen atoms in total. The Morgan fingerprint density at radius 3 is 2.75 bits per heavy atom. The van der Waals surface area contributed by atoms with Gasteiger partial charge in [0.05, 0.1) is 15.7 Å². The minimum absolute atomic E-state index is 0.484. The van der Waals surface area contributed by atoms with E-state index in [1.165, 1.54) is 0 Å². The van der Waals surface area contributed by atoms with Gasteiger partial charge in [-0.05, 0) is 12.1 Å². The van der Waals surface area contributed by atoms with Crippen molar-refractivity contribution in [1.29, 1.82) is 0 Å². The third-order valence-electron chi connectivity index (χ3n) is 1.38. The average molecular weight is 198 g/mol. The summed E-state index contributed by atoms with van der Waals surface area (Å²) in [6, 6.07) is 7.38. The highest BCUT2D eigenvalue weighted by molar-refractivity contribution is 7.86. The summed E-state index contributed by atoms with van der Waals surface area (Å²) >= 11 is 4.20. The molecule has 1 rings (SSSR count). The fourth-order valence-electron chi connectivity index (χ4n) is 0.847. The Labute approximate surface area is 80.4 Å². The van der Waals surface area contributed by atoms with Crippen molar-refractivity contribution >= 4 is 23.4 Å². The van der Waals surface area contributed by atoms with E-state index in [0.717, 1.165) is 9.79 Å². The van der Waals surface area contributed by atoms with Crippen molar-refractivity contribution < 1.29 is 4.21 Å². The van der Waals surface area contributed by atoms with Gasteiger partial charge in [0.25, 0.3) is 0 Å². The molecule has 64 valence electrons. The van der Waals surface area contributed by atoms with Crippen LogP contribution in [0.4, 0.5) is 0 Å². The molecule has 1 atom stereocenters. The second-order valence-electron chi connectivity index (χ2n) is 2.27. The molecule has 3 heteroatoms. The summed E-state index contributed by atoms with van der Waals surface area (Å²) in [4.78, 5) is 1.55. The summed E-state index contributed by atoms with van der Waals surface area (Å²) in [6.07, 6.45) is 1.65. The fourth-order valence-corrected chi connectivity index (χ4v) is 2.24. The molecular weight excluding hydrogens is 188 g/mol. The maximum atomic E-state index is 11.5. The second-order valence-corrected chi connectivity index (χ2v) is 4.21. The Bertz CT molecular complexity index is 307. The Kier molecular flexibility index (Phi) is 3.56. The molecule has 12 heavy (non-hydrogen) atoms. The molecule has 0 aliphatic carbocycles. The van der Waals surface area contributed by atoms with Gasteiger partial charge in [0, 0.05) is 10.6 Å². The van der Waals surface area contributed by atoms with Crippen LogP contribution in [0.15, 0.2) is 46.7 Å². The van der Waals surface area contributed by atoms with Gasteiger partial charge in [-0.3, -0.25) is 4.21 Å². The van der Waals surface area contributed by atoms with Crippen LogP contribution in [0.5, 0.6) is 0 Å². The fraction of sp³-hybridized carbons (Fsp3) is 0.111. The molecule has 0 saturated heterocycles. The van der Waals surface area contributed by atoms with Crippen LogP contribution in [0.1, 0.15) is 0 Å². The summed E-state index contributed by atoms with van der Waals surface area (Å²) in [5.41, 5.74) is 0. The van der Waals surface area contributed by atoms with Crippen molar-refractivity contribution in [2.24, 2.45) is 0 Å². The Hall–Kier alpha value is -0.540. The van der Waals surface area contributed by atoms with Crippen molar-refractivity contribution in [1.82, 2.24) is 0 Å². The molecule has 0 aliphatic rings. The highest BCUT2D eigenvalue weighted by atomic mass is 32.2. The summed E-state index contributed by atoms with van der Waals surface area (Å²) in [5, 5.41) is 0. The summed E-state index contributed by atoms with van der Waals surface area (Å²) in [5.74, 6) is 0.484. The van der Waals surface area contributed by atoms with Crippen molar-refractivity contribution in [3.05, 3.63) is 36.9 Å². The molecular formula is C9H10OS2. The first-order chi connectivity index (χ1) is 5.75. The standard InChI is InChI=1S/C9H10OS2/c1-2-7-12(10)9-6-4-3-5-8(9)11/h2-6,11H,1,7H2. The molecule has 0 saturated carbocycles. The Balaban J connectivity index is 2.94. The van der Waals surface area contributed by atoms with Crippen LogP contribution in [0, 0.1) is 0 Å². The zero-order valence-electron chi connectivity index (χ0n) is 6.56. The van der Waals surface area contributed by atoms with E-state index in [1.807, 2.05) is 24.3 Å². The molecule has 0 radical (unpaired) electrons. The van der Waals surface area contributed by atoms with Crippen LogP contribution in [-0.2, 0) is 10.8 Å². The van der Waals surface area contributed by atoms with Crippen LogP contribution in [0.25, 0.3) is 0 Å². The SMILES string of the molecule is C=CCS(=O)c1ccccc1S. The number of benzene rings is 1. The van der Waals surface area contributed by atoms with E-state index in [0.29, 0.717) is 5.75 Å². The quantitative estimate of drug-likeness (QED) is 0.582. The predicted molar refractivity (Wildman–Crippen MR) is 55.2 cm³/mol. The zero-order chi connectivity index (χ0) is 8.97. The highest BCUT2D eigenvalue weighted by Crippen LogP contribution is 2.16. The van der Waals surface area contributed by atoms with Gasteiger partial charge < -0.3 is 0 Å². The Morgan fingerprint density at radius 1 is 1.50 bits per heavy atom. The predicted octanol–water partition coefficient (Wildman–Crippen LogP) is 2.27. The van der Waals surface area contributed by atoms with Gasteiger partial charge in [-0.2, -0.15) is 0 Å². The first kappa shape index (κ1) is 9.55. The topological polar surface area (TPSA) is 17.1 Å². The van der Waals surface area contributed by atoms with Crippen LogP contribution in [-0.4, -0.2) is 9.96 Å². The minimum Gasteiger partial charge on any atom is -0.254 e.